The largest absolute Gasteiger partial charge is 0.271 e. The maximum Gasteiger partial charge on any atom is 0.0805 e. The number of hydrazine groups is 1. The molecule has 90 valence electrons. The summed E-state index contributed by atoms with van der Waals surface area (Å²) < 4.78 is 1.10. The van der Waals surface area contributed by atoms with Crippen LogP contribution in [-0.2, 0) is 0 Å². The van der Waals surface area contributed by atoms with Crippen LogP contribution in [-0.4, -0.2) is 0 Å². The molecule has 0 aliphatic carbocycles. The first kappa shape index (κ1) is 12.8. The second-order valence-corrected chi connectivity index (χ2v) is 5.91. The zero-order valence-electron chi connectivity index (χ0n) is 9.83. The molecule has 2 rings (SSSR count). The smallest absolute Gasteiger partial charge is 0.0805 e. The number of nitrogens with two attached hydrogens (primary N) is 1. The van der Waals surface area contributed by atoms with Crippen molar-refractivity contribution in [1.29, 1.82) is 0 Å². The van der Waals surface area contributed by atoms with Gasteiger partial charge in [0.2, 0.25) is 0 Å². The minimum absolute atomic E-state index is 0.0613. The number of benzene rings is 1. The van der Waals surface area contributed by atoms with Crippen molar-refractivity contribution < 1.29 is 0 Å². The van der Waals surface area contributed by atoms with Crippen LogP contribution in [0.3, 0.4) is 0 Å². The van der Waals surface area contributed by atoms with E-state index in [1.807, 2.05) is 0 Å². The van der Waals surface area contributed by atoms with Crippen molar-refractivity contribution in [2.75, 3.05) is 0 Å². The maximum absolute atomic E-state index is 5.71. The van der Waals surface area contributed by atoms with E-state index in [0.717, 1.165) is 4.47 Å². The summed E-state index contributed by atoms with van der Waals surface area (Å²) in [6, 6.07) is 8.49. The van der Waals surface area contributed by atoms with Gasteiger partial charge in [0.1, 0.15) is 0 Å². The van der Waals surface area contributed by atoms with Crippen LogP contribution >= 0.6 is 27.3 Å². The molecule has 0 saturated carbocycles. The summed E-state index contributed by atoms with van der Waals surface area (Å²) in [6.45, 7) is 4.26. The number of hydrogen-bond acceptors (Lipinski definition) is 3. The molecule has 0 aliphatic heterocycles. The summed E-state index contributed by atoms with van der Waals surface area (Å²) in [5, 5.41) is 2.07. The molecule has 3 N–H and O–H groups in total. The Balaban J connectivity index is 2.45. The van der Waals surface area contributed by atoms with Crippen LogP contribution in [0.4, 0.5) is 0 Å². The summed E-state index contributed by atoms with van der Waals surface area (Å²) in [6.07, 6.45) is 0. The summed E-state index contributed by atoms with van der Waals surface area (Å²) in [7, 11) is 0. The molecular weight excluding hydrogens is 296 g/mol. The summed E-state index contributed by atoms with van der Waals surface area (Å²) in [5.74, 6) is 5.71. The first-order chi connectivity index (χ1) is 8.13. The Bertz CT molecular complexity index is 522. The summed E-state index contributed by atoms with van der Waals surface area (Å²) >= 11 is 5.18. The molecule has 1 aromatic heterocycles. The van der Waals surface area contributed by atoms with E-state index < -0.39 is 0 Å². The number of rotatable bonds is 3. The molecule has 0 bridgehead atoms. The fraction of sp³-hybridized carbons (Fsp3) is 0.231. The quantitative estimate of drug-likeness (QED) is 0.670. The third-order valence-electron chi connectivity index (χ3n) is 3.00. The Hall–Kier alpha value is -0.680. The van der Waals surface area contributed by atoms with Gasteiger partial charge in [0.05, 0.1) is 6.04 Å². The Morgan fingerprint density at radius 1 is 1.35 bits per heavy atom. The fourth-order valence-electron chi connectivity index (χ4n) is 1.89. The minimum Gasteiger partial charge on any atom is -0.271 e. The van der Waals surface area contributed by atoms with E-state index >= 15 is 0 Å². The molecule has 0 amide bonds. The van der Waals surface area contributed by atoms with Crippen molar-refractivity contribution in [2.24, 2.45) is 5.84 Å². The highest BCUT2D eigenvalue weighted by atomic mass is 79.9. The van der Waals surface area contributed by atoms with E-state index in [9.17, 15) is 0 Å². The molecule has 1 unspecified atom stereocenters. The number of halogens is 1. The highest BCUT2D eigenvalue weighted by molar-refractivity contribution is 9.10. The normalized spacial score (nSPS) is 12.7. The molecule has 0 spiro atoms. The maximum atomic E-state index is 5.71. The van der Waals surface area contributed by atoms with Crippen LogP contribution in [0.1, 0.15) is 27.6 Å². The SMILES string of the molecule is Cc1cccc(C(NN)c2cc(Br)cs2)c1C. The molecule has 0 aliphatic rings. The summed E-state index contributed by atoms with van der Waals surface area (Å²) in [4.78, 5) is 1.22. The minimum atomic E-state index is 0.0613. The summed E-state index contributed by atoms with van der Waals surface area (Å²) in [5.41, 5.74) is 6.73. The van der Waals surface area contributed by atoms with Crippen LogP contribution in [0, 0.1) is 13.8 Å². The fourth-order valence-corrected chi connectivity index (χ4v) is 3.41. The first-order valence-electron chi connectivity index (χ1n) is 5.39. The van der Waals surface area contributed by atoms with Gasteiger partial charge in [-0.2, -0.15) is 0 Å². The number of aryl methyl sites for hydroxylation is 1. The number of hydrogen-bond donors (Lipinski definition) is 2. The molecule has 2 nitrogen and oxygen atoms in total. The highest BCUT2D eigenvalue weighted by Crippen LogP contribution is 2.31. The Labute approximate surface area is 114 Å². The third-order valence-corrected chi connectivity index (χ3v) is 4.75. The molecule has 17 heavy (non-hydrogen) atoms. The van der Waals surface area contributed by atoms with E-state index in [4.69, 9.17) is 5.84 Å². The van der Waals surface area contributed by atoms with Gasteiger partial charge >= 0.3 is 0 Å². The van der Waals surface area contributed by atoms with Gasteiger partial charge in [-0.25, -0.2) is 5.43 Å². The number of nitrogens with one attached hydrogen (secondary N) is 1. The van der Waals surface area contributed by atoms with Crippen LogP contribution < -0.4 is 11.3 Å². The average Bonchev–Trinajstić information content (AvgIpc) is 2.72. The Morgan fingerprint density at radius 2 is 2.12 bits per heavy atom. The van der Waals surface area contributed by atoms with Crippen LogP contribution in [0.5, 0.6) is 0 Å². The van der Waals surface area contributed by atoms with E-state index in [-0.39, 0.29) is 6.04 Å². The standard InChI is InChI=1S/C13H15BrN2S/c1-8-4-3-5-11(9(8)2)13(16-15)12-6-10(14)7-17-12/h3-7,13,16H,15H2,1-2H3. The predicted octanol–water partition coefficient (Wildman–Crippen LogP) is 3.68. The second kappa shape index (κ2) is 5.31. The zero-order chi connectivity index (χ0) is 12.4. The van der Waals surface area contributed by atoms with Crippen molar-refractivity contribution in [3.05, 3.63) is 55.7 Å². The molecular formula is C13H15BrN2S. The lowest BCUT2D eigenvalue weighted by Crippen LogP contribution is -2.28. The van der Waals surface area contributed by atoms with E-state index in [2.05, 4.69) is 64.8 Å². The van der Waals surface area contributed by atoms with E-state index in [1.165, 1.54) is 21.6 Å². The lowest BCUT2D eigenvalue weighted by atomic mass is 9.97. The van der Waals surface area contributed by atoms with Crippen LogP contribution in [0.2, 0.25) is 0 Å². The molecule has 2 aromatic rings. The lowest BCUT2D eigenvalue weighted by molar-refractivity contribution is 0.642. The Morgan fingerprint density at radius 3 is 2.71 bits per heavy atom. The van der Waals surface area contributed by atoms with E-state index in [0.29, 0.717) is 0 Å². The van der Waals surface area contributed by atoms with Crippen molar-refractivity contribution in [2.45, 2.75) is 19.9 Å². The third kappa shape index (κ3) is 2.60. The predicted molar refractivity (Wildman–Crippen MR) is 77.1 cm³/mol. The lowest BCUT2D eigenvalue weighted by Gasteiger charge is -2.18. The van der Waals surface area contributed by atoms with Gasteiger partial charge < -0.3 is 0 Å². The highest BCUT2D eigenvalue weighted by Gasteiger charge is 2.16. The van der Waals surface area contributed by atoms with Gasteiger partial charge in [-0.1, -0.05) is 18.2 Å². The van der Waals surface area contributed by atoms with Crippen molar-refractivity contribution in [3.63, 3.8) is 0 Å². The average molecular weight is 311 g/mol. The molecule has 0 radical (unpaired) electrons. The molecule has 0 fully saturated rings. The van der Waals surface area contributed by atoms with Crippen LogP contribution in [0.15, 0.2) is 34.1 Å². The van der Waals surface area contributed by atoms with E-state index in [1.54, 1.807) is 11.3 Å². The molecule has 1 atom stereocenters. The second-order valence-electron chi connectivity index (χ2n) is 4.06. The molecule has 1 aromatic carbocycles. The zero-order valence-corrected chi connectivity index (χ0v) is 12.2. The van der Waals surface area contributed by atoms with Crippen molar-refractivity contribution in [3.8, 4) is 0 Å². The van der Waals surface area contributed by atoms with Gasteiger partial charge in [-0.05, 0) is 52.5 Å². The van der Waals surface area contributed by atoms with Gasteiger partial charge in [0.15, 0.2) is 0 Å². The monoisotopic (exact) mass is 310 g/mol. The molecule has 0 saturated heterocycles. The topological polar surface area (TPSA) is 38.0 Å². The molecule has 1 heterocycles. The van der Waals surface area contributed by atoms with Crippen molar-refractivity contribution in [1.82, 2.24) is 5.43 Å². The number of thiophene rings is 1. The van der Waals surface area contributed by atoms with Gasteiger partial charge in [-0.3, -0.25) is 5.84 Å². The molecule has 4 heteroatoms. The Kier molecular flexibility index (Phi) is 3.99. The van der Waals surface area contributed by atoms with Crippen molar-refractivity contribution >= 4 is 27.3 Å². The van der Waals surface area contributed by atoms with Gasteiger partial charge in [0.25, 0.3) is 0 Å². The van der Waals surface area contributed by atoms with Crippen LogP contribution in [0.25, 0.3) is 0 Å². The first-order valence-corrected chi connectivity index (χ1v) is 7.07. The van der Waals surface area contributed by atoms with Gasteiger partial charge in [0, 0.05) is 14.7 Å². The van der Waals surface area contributed by atoms with Gasteiger partial charge in [-0.15, -0.1) is 11.3 Å².